The van der Waals surface area contributed by atoms with E-state index in [4.69, 9.17) is 21.1 Å². The number of anilines is 2. The van der Waals surface area contributed by atoms with Gasteiger partial charge >= 0.3 is 0 Å². The van der Waals surface area contributed by atoms with E-state index in [1.54, 1.807) is 35.0 Å². The molecule has 1 saturated heterocycles. The van der Waals surface area contributed by atoms with Crippen LogP contribution in [0.25, 0.3) is 0 Å². The largest absolute Gasteiger partial charge is 0.490 e. The minimum absolute atomic E-state index is 0.0424. The van der Waals surface area contributed by atoms with E-state index in [0.717, 1.165) is 24.2 Å². The number of hydrogen-bond donors (Lipinski definition) is 1. The molecular formula is C18H23ClN4O3. The molecule has 1 aromatic carbocycles. The maximum absolute atomic E-state index is 12.8. The van der Waals surface area contributed by atoms with Crippen LogP contribution in [0.3, 0.4) is 0 Å². The maximum atomic E-state index is 12.8. The molecule has 0 spiro atoms. The molecule has 1 aliphatic heterocycles. The minimum atomic E-state index is -0.291. The molecule has 0 unspecified atom stereocenters. The molecular weight excluding hydrogens is 356 g/mol. The van der Waals surface area contributed by atoms with Gasteiger partial charge in [0.05, 0.1) is 23.5 Å². The van der Waals surface area contributed by atoms with Crippen LogP contribution in [0.2, 0.25) is 5.02 Å². The predicted octanol–water partition coefficient (Wildman–Crippen LogP) is 2.71. The quantitative estimate of drug-likeness (QED) is 0.750. The molecule has 1 atom stereocenters. The number of methoxy groups -OCH3 is 1. The van der Waals surface area contributed by atoms with Crippen LogP contribution < -0.4 is 15.0 Å². The fraction of sp³-hybridized carbons (Fsp3) is 0.444. The highest BCUT2D eigenvalue weighted by molar-refractivity contribution is 6.32. The number of rotatable bonds is 7. The van der Waals surface area contributed by atoms with Crippen molar-refractivity contribution in [1.29, 1.82) is 0 Å². The van der Waals surface area contributed by atoms with Crippen LogP contribution in [0.15, 0.2) is 30.6 Å². The molecule has 0 radical (unpaired) electrons. The van der Waals surface area contributed by atoms with Crippen molar-refractivity contribution in [2.45, 2.75) is 18.9 Å². The van der Waals surface area contributed by atoms with Crippen molar-refractivity contribution in [2.75, 3.05) is 37.1 Å². The van der Waals surface area contributed by atoms with Gasteiger partial charge in [0.15, 0.2) is 0 Å². The summed E-state index contributed by atoms with van der Waals surface area (Å²) >= 11 is 6.28. The summed E-state index contributed by atoms with van der Waals surface area (Å²) in [6, 6.07) is 5.15. The first-order chi connectivity index (χ1) is 12.6. The molecule has 1 N–H and O–H groups in total. The summed E-state index contributed by atoms with van der Waals surface area (Å²) in [6.45, 7) is 1.64. The number of nitrogens with one attached hydrogen (secondary N) is 1. The molecule has 140 valence electrons. The first-order valence-electron chi connectivity index (χ1n) is 8.56. The molecule has 7 nitrogen and oxygen atoms in total. The van der Waals surface area contributed by atoms with Gasteiger partial charge in [-0.15, -0.1) is 0 Å². The Morgan fingerprint density at radius 2 is 2.23 bits per heavy atom. The molecule has 26 heavy (non-hydrogen) atoms. The SMILES string of the molecule is COCCOc1ccc(N[C@H]2CCCN(c3cnn(C)c3)C2=O)cc1Cl. The maximum Gasteiger partial charge on any atom is 0.249 e. The highest BCUT2D eigenvalue weighted by atomic mass is 35.5. The molecule has 1 amide bonds. The predicted molar refractivity (Wildman–Crippen MR) is 101 cm³/mol. The molecule has 8 heteroatoms. The van der Waals surface area contributed by atoms with Gasteiger partial charge in [0.1, 0.15) is 18.4 Å². The third kappa shape index (κ3) is 4.28. The zero-order valence-electron chi connectivity index (χ0n) is 14.9. The Hall–Kier alpha value is -2.25. The van der Waals surface area contributed by atoms with Crippen LogP contribution in [0.5, 0.6) is 5.75 Å². The van der Waals surface area contributed by atoms with Crippen molar-refractivity contribution in [1.82, 2.24) is 9.78 Å². The molecule has 1 aromatic heterocycles. The van der Waals surface area contributed by atoms with Gasteiger partial charge in [-0.1, -0.05) is 11.6 Å². The molecule has 2 aromatic rings. The van der Waals surface area contributed by atoms with E-state index in [0.29, 0.717) is 30.5 Å². The average Bonchev–Trinajstić information content (AvgIpc) is 3.05. The zero-order valence-corrected chi connectivity index (χ0v) is 15.7. The normalized spacial score (nSPS) is 17.4. The lowest BCUT2D eigenvalue weighted by molar-refractivity contribution is -0.120. The monoisotopic (exact) mass is 378 g/mol. The Morgan fingerprint density at radius 3 is 2.92 bits per heavy atom. The van der Waals surface area contributed by atoms with E-state index < -0.39 is 0 Å². The summed E-state index contributed by atoms with van der Waals surface area (Å²) in [7, 11) is 3.46. The topological polar surface area (TPSA) is 68.6 Å². The summed E-state index contributed by atoms with van der Waals surface area (Å²) in [5.74, 6) is 0.641. The smallest absolute Gasteiger partial charge is 0.249 e. The highest BCUT2D eigenvalue weighted by Crippen LogP contribution is 2.29. The lowest BCUT2D eigenvalue weighted by Crippen LogP contribution is -2.47. The summed E-state index contributed by atoms with van der Waals surface area (Å²) in [6.07, 6.45) is 5.26. The number of piperidine rings is 1. The lowest BCUT2D eigenvalue weighted by Gasteiger charge is -2.32. The number of benzene rings is 1. The van der Waals surface area contributed by atoms with Gasteiger partial charge < -0.3 is 19.7 Å². The lowest BCUT2D eigenvalue weighted by atomic mass is 10.0. The van der Waals surface area contributed by atoms with E-state index in [2.05, 4.69) is 10.4 Å². The third-order valence-corrected chi connectivity index (χ3v) is 4.55. The Morgan fingerprint density at radius 1 is 1.38 bits per heavy atom. The highest BCUT2D eigenvalue weighted by Gasteiger charge is 2.30. The molecule has 3 rings (SSSR count). The minimum Gasteiger partial charge on any atom is -0.490 e. The van der Waals surface area contributed by atoms with Gasteiger partial charge in [-0.2, -0.15) is 5.10 Å². The molecule has 2 heterocycles. The number of carbonyl (C=O) groups is 1. The number of hydrogen-bond acceptors (Lipinski definition) is 5. The Bertz CT molecular complexity index is 765. The van der Waals surface area contributed by atoms with Crippen LogP contribution in [0.1, 0.15) is 12.8 Å². The summed E-state index contributed by atoms with van der Waals surface area (Å²) in [4.78, 5) is 14.6. The van der Waals surface area contributed by atoms with E-state index in [-0.39, 0.29) is 11.9 Å². The number of aryl methyl sites for hydroxylation is 1. The summed E-state index contributed by atoms with van der Waals surface area (Å²) < 4.78 is 12.2. The second-order valence-electron chi connectivity index (χ2n) is 6.19. The fourth-order valence-corrected chi connectivity index (χ4v) is 3.19. The molecule has 0 aliphatic carbocycles. The number of aromatic nitrogens is 2. The van der Waals surface area contributed by atoms with Crippen LogP contribution in [-0.4, -0.2) is 48.6 Å². The number of carbonyl (C=O) groups excluding carboxylic acids is 1. The van der Waals surface area contributed by atoms with Crippen molar-refractivity contribution in [3.05, 3.63) is 35.6 Å². The third-order valence-electron chi connectivity index (χ3n) is 4.26. The second-order valence-corrected chi connectivity index (χ2v) is 6.59. The van der Waals surface area contributed by atoms with Crippen molar-refractivity contribution in [3.8, 4) is 5.75 Å². The summed E-state index contributed by atoms with van der Waals surface area (Å²) in [5, 5.41) is 7.94. The summed E-state index contributed by atoms with van der Waals surface area (Å²) in [5.41, 5.74) is 1.62. The average molecular weight is 379 g/mol. The second kappa shape index (κ2) is 8.42. The van der Waals surface area contributed by atoms with Crippen molar-refractivity contribution in [2.24, 2.45) is 7.05 Å². The number of halogens is 1. The van der Waals surface area contributed by atoms with Gasteiger partial charge in [0.2, 0.25) is 5.91 Å². The fourth-order valence-electron chi connectivity index (χ4n) is 2.96. The van der Waals surface area contributed by atoms with Gasteiger partial charge in [-0.25, -0.2) is 0 Å². The molecule has 1 aliphatic rings. The molecule has 0 saturated carbocycles. The van der Waals surface area contributed by atoms with E-state index in [1.165, 1.54) is 0 Å². The van der Waals surface area contributed by atoms with Crippen molar-refractivity contribution in [3.63, 3.8) is 0 Å². The van der Waals surface area contributed by atoms with Gasteiger partial charge in [0, 0.05) is 32.6 Å². The Kier molecular flexibility index (Phi) is 6.00. The Labute approximate surface area is 157 Å². The van der Waals surface area contributed by atoms with Gasteiger partial charge in [-0.3, -0.25) is 9.48 Å². The van der Waals surface area contributed by atoms with Gasteiger partial charge in [0.25, 0.3) is 0 Å². The first kappa shape index (κ1) is 18.5. The van der Waals surface area contributed by atoms with Gasteiger partial charge in [-0.05, 0) is 31.0 Å². The van der Waals surface area contributed by atoms with Crippen LogP contribution in [0, 0.1) is 0 Å². The Balaban J connectivity index is 1.66. The van der Waals surface area contributed by atoms with Crippen LogP contribution in [-0.2, 0) is 16.6 Å². The van der Waals surface area contributed by atoms with E-state index in [9.17, 15) is 4.79 Å². The molecule has 1 fully saturated rings. The molecule has 0 bridgehead atoms. The van der Waals surface area contributed by atoms with E-state index in [1.807, 2.05) is 19.3 Å². The van der Waals surface area contributed by atoms with Crippen LogP contribution >= 0.6 is 11.6 Å². The standard InChI is InChI=1S/C18H23ClN4O3/c1-22-12-14(11-20-22)23-7-3-4-16(18(23)24)21-13-5-6-17(15(19)10-13)26-9-8-25-2/h5-6,10-12,16,21H,3-4,7-9H2,1-2H3/t16-/m0/s1. The van der Waals surface area contributed by atoms with Crippen molar-refractivity contribution >= 4 is 28.9 Å². The number of amides is 1. The van der Waals surface area contributed by atoms with E-state index >= 15 is 0 Å². The zero-order chi connectivity index (χ0) is 18.5. The first-order valence-corrected chi connectivity index (χ1v) is 8.94. The number of nitrogens with zero attached hydrogens (tertiary/aromatic N) is 3. The number of ether oxygens (including phenoxy) is 2. The van der Waals surface area contributed by atoms with Crippen molar-refractivity contribution < 1.29 is 14.3 Å². The van der Waals surface area contributed by atoms with Crippen LogP contribution in [0.4, 0.5) is 11.4 Å².